The van der Waals surface area contributed by atoms with Crippen LogP contribution in [0, 0.1) is 5.41 Å². The molecular formula is C12H23N3O2. The molecule has 1 unspecified atom stereocenters. The Morgan fingerprint density at radius 2 is 2.12 bits per heavy atom. The monoisotopic (exact) mass is 241 g/mol. The van der Waals surface area contributed by atoms with Crippen LogP contribution in [0.4, 0.5) is 0 Å². The summed E-state index contributed by atoms with van der Waals surface area (Å²) >= 11 is 0. The molecule has 0 spiro atoms. The van der Waals surface area contributed by atoms with E-state index < -0.39 is 0 Å². The van der Waals surface area contributed by atoms with Crippen molar-refractivity contribution in [3.05, 3.63) is 11.7 Å². The lowest BCUT2D eigenvalue weighted by molar-refractivity contribution is 0.109. The fraction of sp³-hybridized carbons (Fsp3) is 0.833. The molecule has 0 bridgehead atoms. The molecule has 0 saturated carbocycles. The Balaban J connectivity index is 2.50. The molecule has 0 aliphatic carbocycles. The van der Waals surface area contributed by atoms with E-state index in [9.17, 15) is 0 Å². The zero-order valence-electron chi connectivity index (χ0n) is 11.2. The fourth-order valence-corrected chi connectivity index (χ4v) is 1.60. The molecule has 5 heteroatoms. The van der Waals surface area contributed by atoms with E-state index in [1.165, 1.54) is 0 Å². The van der Waals surface area contributed by atoms with Crippen LogP contribution in [0.3, 0.4) is 0 Å². The standard InChI is InChI=1S/C12H23N3O2/c1-9(16-4)11-14-10(17-15-11)5-6-12(2,3)7-8-13/h9H,5-8,13H2,1-4H3. The van der Waals surface area contributed by atoms with Gasteiger partial charge in [-0.3, -0.25) is 0 Å². The molecule has 0 fully saturated rings. The number of hydrogen-bond donors (Lipinski definition) is 1. The van der Waals surface area contributed by atoms with Crippen LogP contribution in [-0.4, -0.2) is 23.8 Å². The van der Waals surface area contributed by atoms with Crippen molar-refractivity contribution in [2.75, 3.05) is 13.7 Å². The second-order valence-electron chi connectivity index (χ2n) is 5.13. The molecule has 98 valence electrons. The lowest BCUT2D eigenvalue weighted by Crippen LogP contribution is -2.17. The molecule has 0 aliphatic heterocycles. The molecule has 0 aromatic carbocycles. The Kier molecular flexibility index (Phi) is 5.08. The minimum atomic E-state index is -0.121. The number of rotatable bonds is 7. The maximum Gasteiger partial charge on any atom is 0.226 e. The normalized spacial score (nSPS) is 13.9. The Morgan fingerprint density at radius 3 is 2.71 bits per heavy atom. The minimum absolute atomic E-state index is 0.121. The summed E-state index contributed by atoms with van der Waals surface area (Å²) in [7, 11) is 1.63. The molecule has 1 heterocycles. The fourth-order valence-electron chi connectivity index (χ4n) is 1.60. The molecule has 1 aromatic heterocycles. The van der Waals surface area contributed by atoms with E-state index in [-0.39, 0.29) is 11.5 Å². The van der Waals surface area contributed by atoms with Crippen LogP contribution in [0.15, 0.2) is 4.52 Å². The van der Waals surface area contributed by atoms with Gasteiger partial charge in [0.05, 0.1) is 0 Å². The number of aryl methyl sites for hydroxylation is 1. The molecule has 1 atom stereocenters. The topological polar surface area (TPSA) is 74.2 Å². The molecule has 0 aliphatic rings. The molecule has 2 N–H and O–H groups in total. The van der Waals surface area contributed by atoms with E-state index in [1.54, 1.807) is 7.11 Å². The van der Waals surface area contributed by atoms with Crippen molar-refractivity contribution >= 4 is 0 Å². The SMILES string of the molecule is COC(C)c1noc(CCC(C)(C)CCN)n1. The van der Waals surface area contributed by atoms with E-state index in [2.05, 4.69) is 24.0 Å². The minimum Gasteiger partial charge on any atom is -0.374 e. The highest BCUT2D eigenvalue weighted by molar-refractivity contribution is 4.90. The third-order valence-electron chi connectivity index (χ3n) is 3.04. The molecule has 0 radical (unpaired) electrons. The molecule has 0 saturated heterocycles. The second-order valence-corrected chi connectivity index (χ2v) is 5.13. The highest BCUT2D eigenvalue weighted by Crippen LogP contribution is 2.26. The van der Waals surface area contributed by atoms with Gasteiger partial charge in [-0.1, -0.05) is 19.0 Å². The maximum absolute atomic E-state index is 5.58. The van der Waals surface area contributed by atoms with Crippen LogP contribution in [0.25, 0.3) is 0 Å². The van der Waals surface area contributed by atoms with E-state index in [0.717, 1.165) is 19.3 Å². The van der Waals surface area contributed by atoms with Crippen molar-refractivity contribution in [2.24, 2.45) is 11.1 Å². The predicted octanol–water partition coefficient (Wildman–Crippen LogP) is 2.08. The average Bonchev–Trinajstić information content (AvgIpc) is 2.74. The molecule has 17 heavy (non-hydrogen) atoms. The van der Waals surface area contributed by atoms with Crippen molar-refractivity contribution in [1.82, 2.24) is 10.1 Å². The van der Waals surface area contributed by atoms with Gasteiger partial charge in [0.1, 0.15) is 6.10 Å². The van der Waals surface area contributed by atoms with Crippen LogP contribution in [-0.2, 0) is 11.2 Å². The van der Waals surface area contributed by atoms with Gasteiger partial charge in [-0.05, 0) is 31.7 Å². The zero-order valence-corrected chi connectivity index (χ0v) is 11.2. The molecule has 0 amide bonds. The quantitative estimate of drug-likeness (QED) is 0.791. The third kappa shape index (κ3) is 4.44. The van der Waals surface area contributed by atoms with Crippen LogP contribution < -0.4 is 5.73 Å². The van der Waals surface area contributed by atoms with Crippen molar-refractivity contribution in [2.45, 2.75) is 46.1 Å². The first-order chi connectivity index (χ1) is 7.98. The van der Waals surface area contributed by atoms with Crippen molar-refractivity contribution in [1.29, 1.82) is 0 Å². The highest BCUT2D eigenvalue weighted by atomic mass is 16.5. The van der Waals surface area contributed by atoms with Gasteiger partial charge in [0.15, 0.2) is 5.82 Å². The summed E-state index contributed by atoms with van der Waals surface area (Å²) in [4.78, 5) is 4.31. The smallest absolute Gasteiger partial charge is 0.226 e. The van der Waals surface area contributed by atoms with Gasteiger partial charge in [-0.15, -0.1) is 0 Å². The number of nitrogens with two attached hydrogens (primary N) is 1. The summed E-state index contributed by atoms with van der Waals surface area (Å²) in [6.45, 7) is 7.01. The number of ether oxygens (including phenoxy) is 1. The van der Waals surface area contributed by atoms with Crippen LogP contribution in [0.1, 0.15) is 51.4 Å². The Bertz CT molecular complexity index is 336. The van der Waals surface area contributed by atoms with Crippen LogP contribution in [0.5, 0.6) is 0 Å². The lowest BCUT2D eigenvalue weighted by Gasteiger charge is -2.22. The number of aromatic nitrogens is 2. The second kappa shape index (κ2) is 6.12. The van der Waals surface area contributed by atoms with Gasteiger partial charge in [0.25, 0.3) is 0 Å². The molecule has 1 rings (SSSR count). The maximum atomic E-state index is 5.58. The number of methoxy groups -OCH3 is 1. The summed E-state index contributed by atoms with van der Waals surface area (Å²) in [6, 6.07) is 0. The molecular weight excluding hydrogens is 218 g/mol. The third-order valence-corrected chi connectivity index (χ3v) is 3.04. The van der Waals surface area contributed by atoms with Crippen LogP contribution in [0.2, 0.25) is 0 Å². The van der Waals surface area contributed by atoms with Crippen molar-refractivity contribution in [3.63, 3.8) is 0 Å². The first-order valence-corrected chi connectivity index (χ1v) is 6.04. The van der Waals surface area contributed by atoms with Crippen molar-refractivity contribution < 1.29 is 9.26 Å². The Hall–Kier alpha value is -0.940. The molecule has 1 aromatic rings. The van der Waals surface area contributed by atoms with E-state index in [4.69, 9.17) is 15.0 Å². The van der Waals surface area contributed by atoms with Gasteiger partial charge in [0, 0.05) is 13.5 Å². The van der Waals surface area contributed by atoms with Gasteiger partial charge < -0.3 is 15.0 Å². The number of nitrogens with zero attached hydrogens (tertiary/aromatic N) is 2. The summed E-state index contributed by atoms with van der Waals surface area (Å²) in [5.41, 5.74) is 5.80. The largest absolute Gasteiger partial charge is 0.374 e. The summed E-state index contributed by atoms with van der Waals surface area (Å²) in [6.07, 6.45) is 2.66. The Labute approximate surface area is 103 Å². The highest BCUT2D eigenvalue weighted by Gasteiger charge is 2.19. The van der Waals surface area contributed by atoms with Gasteiger partial charge in [-0.25, -0.2) is 0 Å². The lowest BCUT2D eigenvalue weighted by atomic mass is 9.84. The summed E-state index contributed by atoms with van der Waals surface area (Å²) in [5, 5.41) is 3.90. The van der Waals surface area contributed by atoms with Crippen molar-refractivity contribution in [3.8, 4) is 0 Å². The summed E-state index contributed by atoms with van der Waals surface area (Å²) in [5.74, 6) is 1.29. The Morgan fingerprint density at radius 1 is 1.41 bits per heavy atom. The first-order valence-electron chi connectivity index (χ1n) is 6.04. The average molecular weight is 241 g/mol. The van der Waals surface area contributed by atoms with Crippen LogP contribution >= 0.6 is 0 Å². The van der Waals surface area contributed by atoms with E-state index >= 15 is 0 Å². The predicted molar refractivity (Wildman–Crippen MR) is 65.5 cm³/mol. The van der Waals surface area contributed by atoms with E-state index in [0.29, 0.717) is 18.3 Å². The van der Waals surface area contributed by atoms with E-state index in [1.807, 2.05) is 6.92 Å². The zero-order chi connectivity index (χ0) is 12.9. The number of hydrogen-bond acceptors (Lipinski definition) is 5. The van der Waals surface area contributed by atoms with Gasteiger partial charge in [-0.2, -0.15) is 4.98 Å². The van der Waals surface area contributed by atoms with Gasteiger partial charge >= 0.3 is 0 Å². The molecule has 5 nitrogen and oxygen atoms in total. The van der Waals surface area contributed by atoms with Gasteiger partial charge in [0.2, 0.25) is 5.89 Å². The summed E-state index contributed by atoms with van der Waals surface area (Å²) < 4.78 is 10.3. The first kappa shape index (κ1) is 14.1.